The molecule has 4 heteroatoms. The van der Waals surface area contributed by atoms with Crippen molar-refractivity contribution in [3.8, 4) is 0 Å². The molecule has 1 aromatic rings. The van der Waals surface area contributed by atoms with Gasteiger partial charge in [-0.05, 0) is 44.0 Å². The average Bonchev–Trinajstić information content (AvgIpc) is 2.34. The second kappa shape index (κ2) is 6.55. The molecule has 1 fully saturated rings. The minimum absolute atomic E-state index is 0.434. The van der Waals surface area contributed by atoms with Gasteiger partial charge in [0.25, 0.3) is 0 Å². The third-order valence-electron chi connectivity index (χ3n) is 3.23. The lowest BCUT2D eigenvalue weighted by molar-refractivity contribution is 0.0731. The van der Waals surface area contributed by atoms with Gasteiger partial charge in [-0.1, -0.05) is 15.9 Å². The Morgan fingerprint density at radius 3 is 3.06 bits per heavy atom. The summed E-state index contributed by atoms with van der Waals surface area (Å²) >= 11 is 3.49. The Morgan fingerprint density at radius 2 is 2.39 bits per heavy atom. The molecule has 1 aliphatic heterocycles. The number of morpholine rings is 1. The van der Waals surface area contributed by atoms with Crippen LogP contribution in [0, 0.1) is 6.92 Å². The van der Waals surface area contributed by atoms with Crippen molar-refractivity contribution in [2.24, 2.45) is 0 Å². The number of anilines is 1. The van der Waals surface area contributed by atoms with Crippen LogP contribution in [-0.2, 0) is 4.74 Å². The highest BCUT2D eigenvalue weighted by molar-refractivity contribution is 9.10. The quantitative estimate of drug-likeness (QED) is 0.897. The van der Waals surface area contributed by atoms with Gasteiger partial charge in [0.05, 0.1) is 13.2 Å². The van der Waals surface area contributed by atoms with Crippen molar-refractivity contribution in [2.45, 2.75) is 32.4 Å². The van der Waals surface area contributed by atoms with Gasteiger partial charge in [0.2, 0.25) is 0 Å². The van der Waals surface area contributed by atoms with Crippen molar-refractivity contribution in [3.63, 3.8) is 0 Å². The molecule has 1 aromatic carbocycles. The number of hydrogen-bond acceptors (Lipinski definition) is 3. The van der Waals surface area contributed by atoms with Gasteiger partial charge >= 0.3 is 0 Å². The van der Waals surface area contributed by atoms with Gasteiger partial charge in [-0.25, -0.2) is 0 Å². The SMILES string of the molecule is Cc1cc(Br)ccc1NC(C)CC1COCCN1. The molecule has 100 valence electrons. The lowest BCUT2D eigenvalue weighted by atomic mass is 10.1. The summed E-state index contributed by atoms with van der Waals surface area (Å²) in [4.78, 5) is 0. The minimum Gasteiger partial charge on any atom is -0.382 e. The first-order chi connectivity index (χ1) is 8.65. The molecule has 2 rings (SSSR count). The number of ether oxygens (including phenoxy) is 1. The normalized spacial score (nSPS) is 21.6. The zero-order chi connectivity index (χ0) is 13.0. The van der Waals surface area contributed by atoms with Gasteiger partial charge in [0.15, 0.2) is 0 Å². The Kier molecular flexibility index (Phi) is 5.03. The van der Waals surface area contributed by atoms with E-state index in [0.29, 0.717) is 12.1 Å². The van der Waals surface area contributed by atoms with E-state index < -0.39 is 0 Å². The van der Waals surface area contributed by atoms with E-state index in [2.05, 4.69) is 58.6 Å². The lowest BCUT2D eigenvalue weighted by Crippen LogP contribution is -2.43. The predicted octanol–water partition coefficient (Wildman–Crippen LogP) is 2.94. The Balaban J connectivity index is 1.87. The molecule has 18 heavy (non-hydrogen) atoms. The Hall–Kier alpha value is -0.580. The van der Waals surface area contributed by atoms with Gasteiger partial charge in [0, 0.05) is 28.8 Å². The van der Waals surface area contributed by atoms with E-state index >= 15 is 0 Å². The smallest absolute Gasteiger partial charge is 0.0621 e. The predicted molar refractivity (Wildman–Crippen MR) is 79.2 cm³/mol. The number of benzene rings is 1. The van der Waals surface area contributed by atoms with Crippen LogP contribution >= 0.6 is 15.9 Å². The van der Waals surface area contributed by atoms with Crippen LogP contribution in [-0.4, -0.2) is 31.8 Å². The van der Waals surface area contributed by atoms with Crippen LogP contribution in [0.3, 0.4) is 0 Å². The van der Waals surface area contributed by atoms with Crippen molar-refractivity contribution in [3.05, 3.63) is 28.2 Å². The molecule has 2 unspecified atom stereocenters. The highest BCUT2D eigenvalue weighted by atomic mass is 79.9. The Morgan fingerprint density at radius 1 is 1.56 bits per heavy atom. The van der Waals surface area contributed by atoms with Crippen LogP contribution in [0.25, 0.3) is 0 Å². The maximum absolute atomic E-state index is 5.48. The van der Waals surface area contributed by atoms with E-state index in [1.807, 2.05) is 0 Å². The van der Waals surface area contributed by atoms with Crippen molar-refractivity contribution in [1.82, 2.24) is 5.32 Å². The summed E-state index contributed by atoms with van der Waals surface area (Å²) in [6.45, 7) is 6.98. The van der Waals surface area contributed by atoms with E-state index in [-0.39, 0.29) is 0 Å². The topological polar surface area (TPSA) is 33.3 Å². The lowest BCUT2D eigenvalue weighted by Gasteiger charge is -2.27. The fraction of sp³-hybridized carbons (Fsp3) is 0.571. The van der Waals surface area contributed by atoms with E-state index in [9.17, 15) is 0 Å². The first kappa shape index (κ1) is 13.8. The summed E-state index contributed by atoms with van der Waals surface area (Å²) in [5, 5.41) is 7.06. The van der Waals surface area contributed by atoms with Crippen molar-refractivity contribution in [1.29, 1.82) is 0 Å². The van der Waals surface area contributed by atoms with Crippen molar-refractivity contribution >= 4 is 21.6 Å². The van der Waals surface area contributed by atoms with Gasteiger partial charge in [-0.3, -0.25) is 0 Å². The van der Waals surface area contributed by atoms with Crippen LogP contribution in [0.5, 0.6) is 0 Å². The van der Waals surface area contributed by atoms with Crippen molar-refractivity contribution in [2.75, 3.05) is 25.1 Å². The Labute approximate surface area is 117 Å². The second-order valence-electron chi connectivity index (χ2n) is 4.97. The van der Waals surface area contributed by atoms with E-state index in [4.69, 9.17) is 4.74 Å². The van der Waals surface area contributed by atoms with Crippen LogP contribution < -0.4 is 10.6 Å². The molecular weight excluding hydrogens is 292 g/mol. The third kappa shape index (κ3) is 3.97. The molecule has 0 aliphatic carbocycles. The highest BCUT2D eigenvalue weighted by Crippen LogP contribution is 2.21. The molecule has 1 aliphatic rings. The molecule has 0 radical (unpaired) electrons. The number of halogens is 1. The van der Waals surface area contributed by atoms with Crippen LogP contribution in [0.4, 0.5) is 5.69 Å². The van der Waals surface area contributed by atoms with Crippen LogP contribution in [0.15, 0.2) is 22.7 Å². The minimum atomic E-state index is 0.434. The maximum atomic E-state index is 5.48. The molecule has 0 bridgehead atoms. The number of aryl methyl sites for hydroxylation is 1. The molecule has 2 N–H and O–H groups in total. The molecule has 2 atom stereocenters. The second-order valence-corrected chi connectivity index (χ2v) is 5.88. The molecule has 3 nitrogen and oxygen atoms in total. The Bertz CT molecular complexity index is 391. The van der Waals surface area contributed by atoms with E-state index in [1.54, 1.807) is 0 Å². The highest BCUT2D eigenvalue weighted by Gasteiger charge is 2.16. The molecule has 1 heterocycles. The number of hydrogen-bond donors (Lipinski definition) is 2. The van der Waals surface area contributed by atoms with E-state index in [0.717, 1.165) is 30.7 Å². The summed E-state index contributed by atoms with van der Waals surface area (Å²) < 4.78 is 6.60. The van der Waals surface area contributed by atoms with Crippen LogP contribution in [0.1, 0.15) is 18.9 Å². The van der Waals surface area contributed by atoms with Crippen LogP contribution in [0.2, 0.25) is 0 Å². The van der Waals surface area contributed by atoms with E-state index in [1.165, 1.54) is 11.3 Å². The molecular formula is C14H21BrN2O. The van der Waals surface area contributed by atoms with Gasteiger partial charge < -0.3 is 15.4 Å². The van der Waals surface area contributed by atoms with Gasteiger partial charge in [-0.2, -0.15) is 0 Å². The molecule has 1 saturated heterocycles. The summed E-state index contributed by atoms with van der Waals surface area (Å²) in [6.07, 6.45) is 1.08. The zero-order valence-corrected chi connectivity index (χ0v) is 12.6. The van der Waals surface area contributed by atoms with Crippen molar-refractivity contribution < 1.29 is 4.74 Å². The fourth-order valence-corrected chi connectivity index (χ4v) is 2.79. The maximum Gasteiger partial charge on any atom is 0.0621 e. The molecule has 0 saturated carbocycles. The molecule has 0 amide bonds. The molecule has 0 aromatic heterocycles. The average molecular weight is 313 g/mol. The van der Waals surface area contributed by atoms with Gasteiger partial charge in [-0.15, -0.1) is 0 Å². The first-order valence-corrected chi connectivity index (χ1v) is 7.28. The monoisotopic (exact) mass is 312 g/mol. The largest absolute Gasteiger partial charge is 0.382 e. The third-order valence-corrected chi connectivity index (χ3v) is 3.72. The fourth-order valence-electron chi connectivity index (χ4n) is 2.31. The van der Waals surface area contributed by atoms with Gasteiger partial charge in [0.1, 0.15) is 0 Å². The summed E-state index contributed by atoms with van der Waals surface area (Å²) in [7, 11) is 0. The first-order valence-electron chi connectivity index (χ1n) is 6.49. The summed E-state index contributed by atoms with van der Waals surface area (Å²) in [5.74, 6) is 0. The number of nitrogens with one attached hydrogen (secondary N) is 2. The molecule has 0 spiro atoms. The zero-order valence-electron chi connectivity index (χ0n) is 11.0. The number of rotatable bonds is 4. The standard InChI is InChI=1S/C14H21BrN2O/c1-10-7-12(15)3-4-14(10)17-11(2)8-13-9-18-6-5-16-13/h3-4,7,11,13,16-17H,5-6,8-9H2,1-2H3. The summed E-state index contributed by atoms with van der Waals surface area (Å²) in [5.41, 5.74) is 2.48. The summed E-state index contributed by atoms with van der Waals surface area (Å²) in [6, 6.07) is 7.24.